The number of rotatable bonds is 6. The number of hydrogen-bond acceptors (Lipinski definition) is 4. The monoisotopic (exact) mass is 390 g/mol. The molecule has 0 aliphatic carbocycles. The summed E-state index contributed by atoms with van der Waals surface area (Å²) in [6.07, 6.45) is 0.734. The first-order valence-electron chi connectivity index (χ1n) is 9.72. The summed E-state index contributed by atoms with van der Waals surface area (Å²) in [5.74, 6) is -0.834. The molecule has 0 aliphatic heterocycles. The Morgan fingerprint density at radius 1 is 1.03 bits per heavy atom. The molecule has 0 heterocycles. The molecule has 3 rings (SSSR count). The quantitative estimate of drug-likeness (QED) is 0.483. The van der Waals surface area contributed by atoms with Gasteiger partial charge in [0.1, 0.15) is 6.04 Å². The van der Waals surface area contributed by atoms with E-state index < -0.39 is 12.0 Å². The van der Waals surface area contributed by atoms with Gasteiger partial charge in [-0.25, -0.2) is 4.79 Å². The molecule has 0 bridgehead atoms. The summed E-state index contributed by atoms with van der Waals surface area (Å²) in [5, 5.41) is 4.96. The van der Waals surface area contributed by atoms with Crippen LogP contribution in [0.5, 0.6) is 0 Å². The SMILES string of the molecule is CCC(C)C(NC(=O)c1ccc(N)cc1-c1cccc2ccccc12)C(=O)OC. The van der Waals surface area contributed by atoms with E-state index in [4.69, 9.17) is 10.5 Å². The molecule has 2 atom stereocenters. The van der Waals surface area contributed by atoms with E-state index in [9.17, 15) is 9.59 Å². The summed E-state index contributed by atoms with van der Waals surface area (Å²) in [6.45, 7) is 3.88. The van der Waals surface area contributed by atoms with E-state index in [1.54, 1.807) is 18.2 Å². The summed E-state index contributed by atoms with van der Waals surface area (Å²) >= 11 is 0. The maximum atomic E-state index is 13.2. The normalized spacial score (nSPS) is 12.9. The Balaban J connectivity index is 2.07. The van der Waals surface area contributed by atoms with Gasteiger partial charge in [0.2, 0.25) is 0 Å². The van der Waals surface area contributed by atoms with E-state index in [-0.39, 0.29) is 11.8 Å². The second kappa shape index (κ2) is 8.78. The number of fused-ring (bicyclic) bond motifs is 1. The smallest absolute Gasteiger partial charge is 0.328 e. The average molecular weight is 390 g/mol. The van der Waals surface area contributed by atoms with Gasteiger partial charge in [-0.2, -0.15) is 0 Å². The first-order valence-corrected chi connectivity index (χ1v) is 9.72. The highest BCUT2D eigenvalue weighted by Crippen LogP contribution is 2.32. The van der Waals surface area contributed by atoms with Crippen LogP contribution in [-0.2, 0) is 9.53 Å². The van der Waals surface area contributed by atoms with Crippen LogP contribution in [0.25, 0.3) is 21.9 Å². The molecule has 2 unspecified atom stereocenters. The van der Waals surface area contributed by atoms with Crippen molar-refractivity contribution >= 4 is 28.3 Å². The van der Waals surface area contributed by atoms with Crippen LogP contribution in [0.1, 0.15) is 30.6 Å². The van der Waals surface area contributed by atoms with Crippen LogP contribution < -0.4 is 11.1 Å². The summed E-state index contributed by atoms with van der Waals surface area (Å²) < 4.78 is 4.89. The van der Waals surface area contributed by atoms with E-state index in [0.29, 0.717) is 11.3 Å². The van der Waals surface area contributed by atoms with Gasteiger partial charge in [-0.15, -0.1) is 0 Å². The fraction of sp³-hybridized carbons (Fsp3) is 0.250. The minimum atomic E-state index is -0.713. The lowest BCUT2D eigenvalue weighted by Crippen LogP contribution is -2.45. The van der Waals surface area contributed by atoms with Crippen molar-refractivity contribution in [2.75, 3.05) is 12.8 Å². The zero-order chi connectivity index (χ0) is 21.0. The molecular weight excluding hydrogens is 364 g/mol. The third-order valence-electron chi connectivity index (χ3n) is 5.32. The molecule has 3 N–H and O–H groups in total. The Kier molecular flexibility index (Phi) is 6.17. The number of amides is 1. The predicted molar refractivity (Wildman–Crippen MR) is 117 cm³/mol. The third kappa shape index (κ3) is 4.24. The van der Waals surface area contributed by atoms with Crippen LogP contribution in [0, 0.1) is 5.92 Å². The van der Waals surface area contributed by atoms with Gasteiger partial charge in [0, 0.05) is 11.3 Å². The lowest BCUT2D eigenvalue weighted by atomic mass is 9.93. The van der Waals surface area contributed by atoms with Gasteiger partial charge < -0.3 is 15.8 Å². The molecule has 0 spiro atoms. The second-order valence-corrected chi connectivity index (χ2v) is 7.19. The van der Waals surface area contributed by atoms with Crippen molar-refractivity contribution < 1.29 is 14.3 Å². The zero-order valence-electron chi connectivity index (χ0n) is 16.9. The van der Waals surface area contributed by atoms with Crippen molar-refractivity contribution in [1.82, 2.24) is 5.32 Å². The maximum absolute atomic E-state index is 13.2. The van der Waals surface area contributed by atoms with Gasteiger partial charge >= 0.3 is 5.97 Å². The molecule has 0 saturated heterocycles. The summed E-state index contributed by atoms with van der Waals surface area (Å²) in [4.78, 5) is 25.4. The first-order chi connectivity index (χ1) is 14.0. The van der Waals surface area contributed by atoms with Crippen LogP contribution >= 0.6 is 0 Å². The molecule has 3 aromatic carbocycles. The van der Waals surface area contributed by atoms with E-state index in [1.165, 1.54) is 7.11 Å². The number of anilines is 1. The topological polar surface area (TPSA) is 81.4 Å². The Hall–Kier alpha value is -3.34. The first kappa shape index (κ1) is 20.4. The molecule has 0 aliphatic rings. The molecule has 1 amide bonds. The number of nitrogens with one attached hydrogen (secondary N) is 1. The Labute approximate surface area is 170 Å². The number of methoxy groups -OCH3 is 1. The molecule has 0 saturated carbocycles. The van der Waals surface area contributed by atoms with Gasteiger partial charge in [-0.3, -0.25) is 4.79 Å². The summed E-state index contributed by atoms with van der Waals surface area (Å²) in [7, 11) is 1.33. The van der Waals surface area contributed by atoms with Gasteiger partial charge in [-0.1, -0.05) is 62.7 Å². The third-order valence-corrected chi connectivity index (χ3v) is 5.32. The highest BCUT2D eigenvalue weighted by molar-refractivity contribution is 6.07. The van der Waals surface area contributed by atoms with Gasteiger partial charge in [0.25, 0.3) is 5.91 Å². The highest BCUT2D eigenvalue weighted by atomic mass is 16.5. The highest BCUT2D eigenvalue weighted by Gasteiger charge is 2.28. The van der Waals surface area contributed by atoms with Crippen LogP contribution in [0.3, 0.4) is 0 Å². The molecule has 29 heavy (non-hydrogen) atoms. The van der Waals surface area contributed by atoms with E-state index in [2.05, 4.69) is 5.32 Å². The summed E-state index contributed by atoms with van der Waals surface area (Å²) in [6, 6.07) is 18.4. The van der Waals surface area contributed by atoms with Crippen LogP contribution in [0.4, 0.5) is 5.69 Å². The number of benzene rings is 3. The van der Waals surface area contributed by atoms with E-state index in [0.717, 1.165) is 28.3 Å². The van der Waals surface area contributed by atoms with Crippen molar-refractivity contribution in [3.8, 4) is 11.1 Å². The fourth-order valence-electron chi connectivity index (χ4n) is 3.46. The molecule has 5 nitrogen and oxygen atoms in total. The second-order valence-electron chi connectivity index (χ2n) is 7.19. The number of nitrogen functional groups attached to an aromatic ring is 1. The molecule has 5 heteroatoms. The Morgan fingerprint density at radius 2 is 1.76 bits per heavy atom. The minimum Gasteiger partial charge on any atom is -0.467 e. The lowest BCUT2D eigenvalue weighted by molar-refractivity contribution is -0.144. The largest absolute Gasteiger partial charge is 0.467 e. The number of ether oxygens (including phenoxy) is 1. The number of carbonyl (C=O) groups is 2. The van der Waals surface area contributed by atoms with Crippen molar-refractivity contribution in [2.45, 2.75) is 26.3 Å². The fourth-order valence-corrected chi connectivity index (χ4v) is 3.46. The molecule has 150 valence electrons. The molecule has 0 fully saturated rings. The standard InChI is InChI=1S/C24H26N2O3/c1-4-15(2)22(24(28)29-3)26-23(27)20-13-12-17(25)14-21(20)19-11-7-9-16-8-5-6-10-18(16)19/h5-15,22H,4,25H2,1-3H3,(H,26,27). The molecular formula is C24H26N2O3. The molecule has 0 radical (unpaired) electrons. The number of carbonyl (C=O) groups excluding carboxylic acids is 2. The van der Waals surface area contributed by atoms with Crippen molar-refractivity contribution in [1.29, 1.82) is 0 Å². The van der Waals surface area contributed by atoms with E-state index in [1.807, 2.05) is 56.3 Å². The van der Waals surface area contributed by atoms with Crippen molar-refractivity contribution in [3.63, 3.8) is 0 Å². The predicted octanol–water partition coefficient (Wildman–Crippen LogP) is 4.41. The van der Waals surface area contributed by atoms with Crippen LogP contribution in [0.15, 0.2) is 60.7 Å². The van der Waals surface area contributed by atoms with Gasteiger partial charge in [-0.05, 0) is 46.0 Å². The van der Waals surface area contributed by atoms with Crippen LogP contribution in [0.2, 0.25) is 0 Å². The lowest BCUT2D eigenvalue weighted by Gasteiger charge is -2.22. The van der Waals surface area contributed by atoms with Crippen molar-refractivity contribution in [2.24, 2.45) is 5.92 Å². The molecule has 0 aromatic heterocycles. The maximum Gasteiger partial charge on any atom is 0.328 e. The van der Waals surface area contributed by atoms with Gasteiger partial charge in [0.05, 0.1) is 7.11 Å². The number of hydrogen-bond donors (Lipinski definition) is 2. The van der Waals surface area contributed by atoms with Gasteiger partial charge in [0.15, 0.2) is 0 Å². The van der Waals surface area contributed by atoms with E-state index >= 15 is 0 Å². The number of esters is 1. The zero-order valence-corrected chi connectivity index (χ0v) is 16.9. The Morgan fingerprint density at radius 3 is 2.48 bits per heavy atom. The average Bonchev–Trinajstić information content (AvgIpc) is 2.75. The van der Waals surface area contributed by atoms with Crippen LogP contribution in [-0.4, -0.2) is 25.0 Å². The Bertz CT molecular complexity index is 1040. The minimum absolute atomic E-state index is 0.0545. The summed E-state index contributed by atoms with van der Waals surface area (Å²) in [5.41, 5.74) is 8.72. The molecule has 3 aromatic rings. The van der Waals surface area contributed by atoms with Crippen molar-refractivity contribution in [3.05, 3.63) is 66.2 Å². The number of nitrogens with two attached hydrogens (primary N) is 1.